The highest BCUT2D eigenvalue weighted by molar-refractivity contribution is 5.84. The zero-order valence-electron chi connectivity index (χ0n) is 18.2. The van der Waals surface area contributed by atoms with Crippen LogP contribution in [0.15, 0.2) is 66.7 Å². The molecule has 168 valence electrons. The molecular formula is C29H18F4O. The number of fused-ring (bicyclic) bond motifs is 1. The third-order valence-corrected chi connectivity index (χ3v) is 4.96. The summed E-state index contributed by atoms with van der Waals surface area (Å²) in [5.41, 5.74) is 1.60. The molecule has 0 unspecified atom stereocenters. The smallest absolute Gasteiger partial charge is 0.166 e. The van der Waals surface area contributed by atoms with Crippen molar-refractivity contribution in [2.24, 2.45) is 0 Å². The van der Waals surface area contributed by atoms with Gasteiger partial charge in [0, 0.05) is 34.2 Å². The Labute approximate surface area is 195 Å². The lowest BCUT2D eigenvalue weighted by molar-refractivity contribution is 0.313. The molecule has 0 heterocycles. The van der Waals surface area contributed by atoms with E-state index in [9.17, 15) is 17.6 Å². The lowest BCUT2D eigenvalue weighted by atomic mass is 10.1. The molecule has 5 heteroatoms. The number of rotatable bonds is 3. The van der Waals surface area contributed by atoms with Crippen LogP contribution >= 0.6 is 0 Å². The minimum Gasteiger partial charge on any atom is -0.493 e. The van der Waals surface area contributed by atoms with E-state index in [1.807, 2.05) is 6.92 Å². The lowest BCUT2D eigenvalue weighted by Crippen LogP contribution is -1.98. The minimum atomic E-state index is -0.891. The molecule has 34 heavy (non-hydrogen) atoms. The molecule has 0 aromatic heterocycles. The van der Waals surface area contributed by atoms with Crippen molar-refractivity contribution in [3.63, 3.8) is 0 Å². The van der Waals surface area contributed by atoms with E-state index in [0.29, 0.717) is 28.7 Å². The Balaban J connectivity index is 1.51. The normalized spacial score (nSPS) is 10.3. The first-order valence-corrected chi connectivity index (χ1v) is 10.6. The van der Waals surface area contributed by atoms with Crippen LogP contribution in [0.3, 0.4) is 0 Å². The van der Waals surface area contributed by atoms with Crippen LogP contribution in [-0.2, 0) is 0 Å². The van der Waals surface area contributed by atoms with Gasteiger partial charge < -0.3 is 4.74 Å². The Bertz CT molecular complexity index is 1460. The molecular weight excluding hydrogens is 440 g/mol. The second-order valence-corrected chi connectivity index (χ2v) is 7.49. The third-order valence-electron chi connectivity index (χ3n) is 4.96. The standard InChI is InChI=1S/C29H18F4O/c1-2-15-34-23-17-27(31)25(28(32)18-23)13-9-20-5-3-19(4-6-20)7-8-21-10-12-24-22(16-21)11-14-26(30)29(24)33/h3-6,10-12,14,16-18H,2,15H2,1H3. The second-order valence-electron chi connectivity index (χ2n) is 7.49. The molecule has 0 saturated carbocycles. The molecule has 4 rings (SSSR count). The summed E-state index contributed by atoms with van der Waals surface area (Å²) in [6.45, 7) is 2.27. The summed E-state index contributed by atoms with van der Waals surface area (Å²) in [5.74, 6) is 8.07. The Hall–Kier alpha value is -4.22. The molecule has 1 nitrogen and oxygen atoms in total. The van der Waals surface area contributed by atoms with E-state index in [1.54, 1.807) is 36.4 Å². The van der Waals surface area contributed by atoms with Crippen molar-refractivity contribution < 1.29 is 22.3 Å². The largest absolute Gasteiger partial charge is 0.493 e. The third kappa shape index (κ3) is 5.22. The SMILES string of the molecule is CCCOc1cc(F)c(C#Cc2ccc(C#Cc3ccc4c(F)c(F)ccc4c3)cc2)c(F)c1. The van der Waals surface area contributed by atoms with Crippen LogP contribution in [0.2, 0.25) is 0 Å². The highest BCUT2D eigenvalue weighted by atomic mass is 19.2. The minimum absolute atomic E-state index is 0.133. The molecule has 0 saturated heterocycles. The number of hydrogen-bond donors (Lipinski definition) is 0. The molecule has 0 N–H and O–H groups in total. The fourth-order valence-corrected chi connectivity index (χ4v) is 3.23. The van der Waals surface area contributed by atoms with Crippen molar-refractivity contribution in [3.05, 3.63) is 112 Å². The molecule has 0 fully saturated rings. The van der Waals surface area contributed by atoms with Gasteiger partial charge in [-0.2, -0.15) is 0 Å². The average molecular weight is 458 g/mol. The average Bonchev–Trinajstić information content (AvgIpc) is 2.84. The van der Waals surface area contributed by atoms with E-state index in [-0.39, 0.29) is 16.7 Å². The monoisotopic (exact) mass is 458 g/mol. The Morgan fingerprint density at radius 1 is 0.647 bits per heavy atom. The van der Waals surface area contributed by atoms with Crippen molar-refractivity contribution in [2.45, 2.75) is 13.3 Å². The number of halogens is 4. The van der Waals surface area contributed by atoms with Crippen molar-refractivity contribution in [1.29, 1.82) is 0 Å². The van der Waals surface area contributed by atoms with E-state index in [0.717, 1.165) is 24.6 Å². The molecule has 0 atom stereocenters. The van der Waals surface area contributed by atoms with E-state index >= 15 is 0 Å². The molecule has 0 spiro atoms. The fourth-order valence-electron chi connectivity index (χ4n) is 3.23. The first-order chi connectivity index (χ1) is 16.4. The summed E-state index contributed by atoms with van der Waals surface area (Å²) in [5, 5.41) is 0.755. The van der Waals surface area contributed by atoms with E-state index in [4.69, 9.17) is 4.74 Å². The van der Waals surface area contributed by atoms with Crippen LogP contribution < -0.4 is 4.74 Å². The van der Waals surface area contributed by atoms with E-state index in [2.05, 4.69) is 23.7 Å². The van der Waals surface area contributed by atoms with Crippen molar-refractivity contribution in [2.75, 3.05) is 6.61 Å². The van der Waals surface area contributed by atoms with Crippen LogP contribution in [-0.4, -0.2) is 6.61 Å². The van der Waals surface area contributed by atoms with Gasteiger partial charge in [-0.3, -0.25) is 0 Å². The zero-order valence-corrected chi connectivity index (χ0v) is 18.2. The Morgan fingerprint density at radius 2 is 1.24 bits per heavy atom. The summed E-state index contributed by atoms with van der Waals surface area (Å²) >= 11 is 0. The molecule has 4 aromatic rings. The molecule has 0 aliphatic heterocycles. The van der Waals surface area contributed by atoms with Crippen LogP contribution in [0.5, 0.6) is 5.75 Å². The Morgan fingerprint density at radius 3 is 1.88 bits per heavy atom. The number of hydrogen-bond acceptors (Lipinski definition) is 1. The maximum Gasteiger partial charge on any atom is 0.166 e. The van der Waals surface area contributed by atoms with Gasteiger partial charge in [0.05, 0.1) is 12.2 Å². The number of benzene rings is 4. The van der Waals surface area contributed by atoms with Gasteiger partial charge in [0.25, 0.3) is 0 Å². The molecule has 0 amide bonds. The number of ether oxygens (including phenoxy) is 1. The Kier molecular flexibility index (Phi) is 6.85. The van der Waals surface area contributed by atoms with Crippen molar-refractivity contribution >= 4 is 10.8 Å². The highest BCUT2D eigenvalue weighted by Crippen LogP contribution is 2.22. The summed E-state index contributed by atoms with van der Waals surface area (Å²) in [6, 6.07) is 16.5. The van der Waals surface area contributed by atoms with Gasteiger partial charge in [-0.1, -0.05) is 42.7 Å². The first kappa shape index (κ1) is 23.0. The van der Waals surface area contributed by atoms with Gasteiger partial charge in [0.15, 0.2) is 11.6 Å². The lowest BCUT2D eigenvalue weighted by Gasteiger charge is -2.06. The van der Waals surface area contributed by atoms with Crippen LogP contribution in [0.25, 0.3) is 10.8 Å². The van der Waals surface area contributed by atoms with Crippen LogP contribution in [0, 0.1) is 47.0 Å². The maximum atomic E-state index is 14.2. The summed E-state index contributed by atoms with van der Waals surface area (Å²) in [6.07, 6.45) is 0.731. The van der Waals surface area contributed by atoms with Crippen LogP contribution in [0.1, 0.15) is 35.6 Å². The van der Waals surface area contributed by atoms with Gasteiger partial charge in [0.2, 0.25) is 0 Å². The van der Waals surface area contributed by atoms with Crippen molar-refractivity contribution in [3.8, 4) is 29.4 Å². The predicted octanol–water partition coefficient (Wildman–Crippen LogP) is 6.98. The van der Waals surface area contributed by atoms with E-state index in [1.165, 1.54) is 12.1 Å². The maximum absolute atomic E-state index is 14.2. The van der Waals surface area contributed by atoms with E-state index < -0.39 is 23.3 Å². The van der Waals surface area contributed by atoms with Crippen LogP contribution in [0.4, 0.5) is 17.6 Å². The van der Waals surface area contributed by atoms with Gasteiger partial charge in [-0.15, -0.1) is 0 Å². The predicted molar refractivity (Wildman–Crippen MR) is 124 cm³/mol. The molecule has 0 bridgehead atoms. The molecule has 0 aliphatic carbocycles. The zero-order chi connectivity index (χ0) is 24.1. The summed E-state index contributed by atoms with van der Waals surface area (Å²) in [4.78, 5) is 0. The molecule has 0 radical (unpaired) electrons. The van der Waals surface area contributed by atoms with Gasteiger partial charge >= 0.3 is 0 Å². The van der Waals surface area contributed by atoms with Gasteiger partial charge in [0.1, 0.15) is 17.4 Å². The first-order valence-electron chi connectivity index (χ1n) is 10.6. The molecule has 0 aliphatic rings. The second kappa shape index (κ2) is 10.1. The van der Waals surface area contributed by atoms with Gasteiger partial charge in [-0.25, -0.2) is 17.6 Å². The fraction of sp³-hybridized carbons (Fsp3) is 0.103. The quantitative estimate of drug-likeness (QED) is 0.238. The summed E-state index contributed by atoms with van der Waals surface area (Å²) < 4.78 is 60.9. The molecule has 4 aromatic carbocycles. The van der Waals surface area contributed by atoms with Gasteiger partial charge in [-0.05, 0) is 54.3 Å². The summed E-state index contributed by atoms with van der Waals surface area (Å²) in [7, 11) is 0. The topological polar surface area (TPSA) is 9.23 Å². The van der Waals surface area contributed by atoms with Crippen molar-refractivity contribution in [1.82, 2.24) is 0 Å². The highest BCUT2D eigenvalue weighted by Gasteiger charge is 2.10.